The predicted molar refractivity (Wildman–Crippen MR) is 118 cm³/mol. The van der Waals surface area contributed by atoms with E-state index in [2.05, 4.69) is 5.32 Å². The molecular weight excluding hydrogens is 404 g/mol. The van der Waals surface area contributed by atoms with Crippen LogP contribution >= 0.6 is 11.6 Å². The summed E-state index contributed by atoms with van der Waals surface area (Å²) in [5.74, 6) is 0.906. The van der Waals surface area contributed by atoms with Gasteiger partial charge in [-0.15, -0.1) is 0 Å². The van der Waals surface area contributed by atoms with Crippen molar-refractivity contribution in [2.24, 2.45) is 0 Å². The number of ether oxygens (including phenoxy) is 2. The van der Waals surface area contributed by atoms with Gasteiger partial charge in [-0.25, -0.2) is 0 Å². The minimum atomic E-state index is -0.234. The molecule has 0 spiro atoms. The molecule has 7 heteroatoms. The molecule has 6 nitrogen and oxygen atoms in total. The van der Waals surface area contributed by atoms with E-state index in [1.807, 2.05) is 31.2 Å². The molecule has 0 radical (unpaired) electrons. The first-order chi connectivity index (χ1) is 14.5. The minimum Gasteiger partial charge on any atom is -0.491 e. The van der Waals surface area contributed by atoms with Gasteiger partial charge in [0.15, 0.2) is 11.5 Å². The van der Waals surface area contributed by atoms with Gasteiger partial charge in [0.25, 0.3) is 0 Å². The van der Waals surface area contributed by atoms with Crippen LogP contribution < -0.4 is 19.7 Å². The lowest BCUT2D eigenvalue weighted by Gasteiger charge is -2.16. The summed E-state index contributed by atoms with van der Waals surface area (Å²) < 4.78 is 10.8. The van der Waals surface area contributed by atoms with Crippen LogP contribution in [0.2, 0.25) is 5.02 Å². The Kier molecular flexibility index (Phi) is 7.36. The average molecular weight is 429 g/mol. The number of nitrogens with zero attached hydrogens (tertiary/aromatic N) is 1. The average Bonchev–Trinajstić information content (AvgIpc) is 3.17. The summed E-state index contributed by atoms with van der Waals surface area (Å²) >= 11 is 6.24. The molecule has 0 unspecified atom stereocenters. The fraction of sp³-hybridized carbons (Fsp3) is 0.304. The molecule has 2 aromatic carbocycles. The van der Waals surface area contributed by atoms with Gasteiger partial charge >= 0.3 is 0 Å². The van der Waals surface area contributed by atoms with Crippen molar-refractivity contribution in [2.45, 2.75) is 26.3 Å². The molecule has 3 rings (SSSR count). The van der Waals surface area contributed by atoms with Crippen molar-refractivity contribution in [3.05, 3.63) is 58.6 Å². The van der Waals surface area contributed by atoms with Crippen LogP contribution in [0.25, 0.3) is 6.08 Å². The quantitative estimate of drug-likeness (QED) is 0.640. The number of carbonyl (C=O) groups is 2. The molecule has 1 aliphatic rings. The Morgan fingerprint density at radius 1 is 1.30 bits per heavy atom. The summed E-state index contributed by atoms with van der Waals surface area (Å²) in [6.45, 7) is 3.46. The number of halogens is 1. The molecule has 1 aliphatic heterocycles. The third kappa shape index (κ3) is 5.33. The molecule has 2 aromatic rings. The Morgan fingerprint density at radius 2 is 2.13 bits per heavy atom. The number of carbonyl (C=O) groups excluding carboxylic acids is 2. The Bertz CT molecular complexity index is 958. The molecule has 1 saturated heterocycles. The molecule has 0 bridgehead atoms. The highest BCUT2D eigenvalue weighted by Crippen LogP contribution is 2.36. The topological polar surface area (TPSA) is 67.9 Å². The number of nitrogens with one attached hydrogen (secondary N) is 1. The number of rotatable bonds is 8. The normalized spacial score (nSPS) is 13.7. The highest BCUT2D eigenvalue weighted by atomic mass is 35.5. The zero-order valence-electron chi connectivity index (χ0n) is 17.1. The van der Waals surface area contributed by atoms with Gasteiger partial charge in [-0.3, -0.25) is 9.59 Å². The van der Waals surface area contributed by atoms with E-state index in [1.54, 1.807) is 23.1 Å². The van der Waals surface area contributed by atoms with Crippen LogP contribution in [0.1, 0.15) is 30.9 Å². The van der Waals surface area contributed by atoms with E-state index in [0.29, 0.717) is 36.1 Å². The molecule has 0 saturated carbocycles. The van der Waals surface area contributed by atoms with Crippen molar-refractivity contribution in [3.8, 4) is 11.5 Å². The Hall–Kier alpha value is -2.99. The van der Waals surface area contributed by atoms with Crippen LogP contribution in [-0.4, -0.2) is 32.1 Å². The van der Waals surface area contributed by atoms with Crippen LogP contribution in [0, 0.1) is 0 Å². The first-order valence-corrected chi connectivity index (χ1v) is 10.2. The van der Waals surface area contributed by atoms with E-state index in [9.17, 15) is 9.59 Å². The van der Waals surface area contributed by atoms with Gasteiger partial charge < -0.3 is 19.7 Å². The number of hydrogen-bond acceptors (Lipinski definition) is 4. The molecular formula is C23H25ClN2O4. The number of anilines is 1. The van der Waals surface area contributed by atoms with E-state index in [1.165, 1.54) is 13.2 Å². The third-order valence-electron chi connectivity index (χ3n) is 4.73. The maximum atomic E-state index is 12.3. The fourth-order valence-corrected chi connectivity index (χ4v) is 3.62. The molecule has 2 amide bonds. The molecule has 1 heterocycles. The van der Waals surface area contributed by atoms with Crippen molar-refractivity contribution >= 4 is 35.2 Å². The fourth-order valence-electron chi connectivity index (χ4n) is 3.32. The van der Waals surface area contributed by atoms with Crippen LogP contribution in [0.15, 0.2) is 42.5 Å². The summed E-state index contributed by atoms with van der Waals surface area (Å²) in [4.78, 5) is 26.0. The van der Waals surface area contributed by atoms with E-state index in [4.69, 9.17) is 21.1 Å². The summed E-state index contributed by atoms with van der Waals surface area (Å²) in [5, 5.41) is 3.27. The minimum absolute atomic E-state index is 0.142. The number of amides is 2. The zero-order chi connectivity index (χ0) is 21.5. The van der Waals surface area contributed by atoms with Crippen LogP contribution in [0.5, 0.6) is 11.5 Å². The number of hydrogen-bond donors (Lipinski definition) is 1. The van der Waals surface area contributed by atoms with Crippen molar-refractivity contribution < 1.29 is 19.1 Å². The van der Waals surface area contributed by atoms with E-state index >= 15 is 0 Å². The number of benzene rings is 2. The second kappa shape index (κ2) is 10.2. The lowest BCUT2D eigenvalue weighted by Crippen LogP contribution is -2.24. The van der Waals surface area contributed by atoms with Crippen molar-refractivity contribution in [3.63, 3.8) is 0 Å². The summed E-state index contributed by atoms with van der Waals surface area (Å²) in [7, 11) is 1.53. The molecule has 1 N–H and O–H groups in total. The van der Waals surface area contributed by atoms with Gasteiger partial charge in [0.2, 0.25) is 11.8 Å². The first-order valence-electron chi connectivity index (χ1n) is 9.87. The first kappa shape index (κ1) is 21.7. The van der Waals surface area contributed by atoms with Gasteiger partial charge in [-0.1, -0.05) is 23.7 Å². The smallest absolute Gasteiger partial charge is 0.244 e. The highest BCUT2D eigenvalue weighted by molar-refractivity contribution is 6.32. The number of methoxy groups -OCH3 is 1. The van der Waals surface area contributed by atoms with Gasteiger partial charge in [-0.05, 0) is 54.8 Å². The molecule has 0 atom stereocenters. The van der Waals surface area contributed by atoms with Crippen LogP contribution in [0.3, 0.4) is 0 Å². The van der Waals surface area contributed by atoms with Crippen molar-refractivity contribution in [1.29, 1.82) is 0 Å². The molecule has 1 fully saturated rings. The van der Waals surface area contributed by atoms with E-state index < -0.39 is 0 Å². The third-order valence-corrected chi connectivity index (χ3v) is 5.01. The van der Waals surface area contributed by atoms with E-state index in [-0.39, 0.29) is 11.8 Å². The zero-order valence-corrected chi connectivity index (χ0v) is 17.9. The lowest BCUT2D eigenvalue weighted by atomic mass is 10.1. The van der Waals surface area contributed by atoms with Crippen molar-refractivity contribution in [2.75, 3.05) is 25.2 Å². The van der Waals surface area contributed by atoms with Gasteiger partial charge in [0.05, 0.1) is 18.7 Å². The van der Waals surface area contributed by atoms with Crippen LogP contribution in [-0.2, 0) is 16.1 Å². The summed E-state index contributed by atoms with van der Waals surface area (Å²) in [5.41, 5.74) is 2.53. The lowest BCUT2D eigenvalue weighted by molar-refractivity contribution is -0.117. The maximum Gasteiger partial charge on any atom is 0.244 e. The molecule has 0 aromatic heterocycles. The molecule has 158 valence electrons. The SMILES string of the molecule is CCOc1cc(/C=C/C(=O)NCc2cccc(N3CCCC3=O)c2)cc(Cl)c1OC. The Morgan fingerprint density at radius 3 is 2.83 bits per heavy atom. The predicted octanol–water partition coefficient (Wildman–Crippen LogP) is 4.20. The highest BCUT2D eigenvalue weighted by Gasteiger charge is 2.21. The van der Waals surface area contributed by atoms with E-state index in [0.717, 1.165) is 29.8 Å². The van der Waals surface area contributed by atoms with Gasteiger partial charge in [0.1, 0.15) is 0 Å². The van der Waals surface area contributed by atoms with Gasteiger partial charge in [0, 0.05) is 31.3 Å². The van der Waals surface area contributed by atoms with Gasteiger partial charge in [-0.2, -0.15) is 0 Å². The molecule has 0 aliphatic carbocycles. The maximum absolute atomic E-state index is 12.3. The summed E-state index contributed by atoms with van der Waals surface area (Å²) in [6, 6.07) is 11.2. The van der Waals surface area contributed by atoms with Crippen LogP contribution in [0.4, 0.5) is 5.69 Å². The summed E-state index contributed by atoms with van der Waals surface area (Å²) in [6.07, 6.45) is 4.58. The second-order valence-corrected chi connectivity index (χ2v) is 7.24. The Balaban J connectivity index is 1.62. The monoisotopic (exact) mass is 428 g/mol. The van der Waals surface area contributed by atoms with Crippen molar-refractivity contribution in [1.82, 2.24) is 5.32 Å². The largest absolute Gasteiger partial charge is 0.491 e. The molecule has 30 heavy (non-hydrogen) atoms. The standard InChI is InChI=1S/C23H25ClN2O4/c1-3-30-20-14-16(13-19(24)23(20)29-2)9-10-21(27)25-15-17-6-4-7-18(12-17)26-11-5-8-22(26)28/h4,6-7,9-10,12-14H,3,5,8,11,15H2,1-2H3,(H,25,27)/b10-9+. The second-order valence-electron chi connectivity index (χ2n) is 6.84. The Labute approximate surface area is 181 Å².